The number of hydrogen-bond donors (Lipinski definition) is 1. The van der Waals surface area contributed by atoms with Crippen molar-refractivity contribution in [2.75, 3.05) is 32.5 Å². The predicted octanol–water partition coefficient (Wildman–Crippen LogP) is 2.90. The van der Waals surface area contributed by atoms with Crippen molar-refractivity contribution >= 4 is 17.6 Å². The van der Waals surface area contributed by atoms with Gasteiger partial charge in [-0.1, -0.05) is 19.9 Å². The third-order valence-corrected chi connectivity index (χ3v) is 3.92. The Balaban J connectivity index is 2.05. The third kappa shape index (κ3) is 4.00. The molecule has 1 fully saturated rings. The molecule has 5 nitrogen and oxygen atoms in total. The molecule has 1 aromatic rings. The number of amides is 3. The first-order valence-corrected chi connectivity index (χ1v) is 7.74. The lowest BCUT2D eigenvalue weighted by atomic mass is 9.92. The van der Waals surface area contributed by atoms with Gasteiger partial charge in [-0.3, -0.25) is 4.79 Å². The molecule has 5 heteroatoms. The standard InChI is InChI=1S/C17H25N3O2/c1-12-8-13(2)11-20(10-12)17(22)18-15-7-5-6-14(9-15)16(21)19(3)4/h5-7,9,12-13H,8,10-11H2,1-4H3,(H,18,22)/t12-,13-/m1/s1. The van der Waals surface area contributed by atoms with E-state index < -0.39 is 0 Å². The summed E-state index contributed by atoms with van der Waals surface area (Å²) in [4.78, 5) is 27.7. The van der Waals surface area contributed by atoms with Crippen LogP contribution in [-0.4, -0.2) is 48.9 Å². The number of likely N-dealkylation sites (tertiary alicyclic amines) is 1. The molecule has 2 atom stereocenters. The summed E-state index contributed by atoms with van der Waals surface area (Å²) in [6.45, 7) is 5.91. The Labute approximate surface area is 132 Å². The monoisotopic (exact) mass is 303 g/mol. The van der Waals surface area contributed by atoms with Crippen molar-refractivity contribution in [3.63, 3.8) is 0 Å². The van der Waals surface area contributed by atoms with E-state index in [1.165, 1.54) is 4.90 Å². The maximum atomic E-state index is 12.4. The molecule has 0 spiro atoms. The Morgan fingerprint density at radius 3 is 2.41 bits per heavy atom. The van der Waals surface area contributed by atoms with Gasteiger partial charge in [-0.15, -0.1) is 0 Å². The smallest absolute Gasteiger partial charge is 0.321 e. The molecule has 0 bridgehead atoms. The second kappa shape index (κ2) is 6.81. The van der Waals surface area contributed by atoms with Crippen molar-refractivity contribution in [2.45, 2.75) is 20.3 Å². The molecule has 1 saturated heterocycles. The lowest BCUT2D eigenvalue weighted by Gasteiger charge is -2.34. The van der Waals surface area contributed by atoms with Crippen LogP contribution in [0, 0.1) is 11.8 Å². The van der Waals surface area contributed by atoms with Gasteiger partial charge in [0.2, 0.25) is 0 Å². The van der Waals surface area contributed by atoms with Gasteiger partial charge in [0.05, 0.1) is 0 Å². The Bertz CT molecular complexity index is 547. The van der Waals surface area contributed by atoms with E-state index in [0.717, 1.165) is 19.5 Å². The first kappa shape index (κ1) is 16.3. The minimum Gasteiger partial charge on any atom is -0.345 e. The zero-order chi connectivity index (χ0) is 16.3. The summed E-state index contributed by atoms with van der Waals surface area (Å²) in [5, 5.41) is 2.90. The van der Waals surface area contributed by atoms with Gasteiger partial charge in [-0.2, -0.15) is 0 Å². The third-order valence-electron chi connectivity index (χ3n) is 3.92. The maximum absolute atomic E-state index is 12.4. The fourth-order valence-electron chi connectivity index (χ4n) is 3.02. The summed E-state index contributed by atoms with van der Waals surface area (Å²) in [6.07, 6.45) is 1.16. The molecule has 3 amide bonds. The molecule has 1 aromatic carbocycles. The highest BCUT2D eigenvalue weighted by Crippen LogP contribution is 2.22. The molecule has 120 valence electrons. The van der Waals surface area contributed by atoms with Crippen molar-refractivity contribution in [1.29, 1.82) is 0 Å². The average Bonchev–Trinajstić information content (AvgIpc) is 2.45. The number of anilines is 1. The van der Waals surface area contributed by atoms with Crippen molar-refractivity contribution in [2.24, 2.45) is 11.8 Å². The zero-order valence-electron chi connectivity index (χ0n) is 13.8. The van der Waals surface area contributed by atoms with Crippen LogP contribution < -0.4 is 5.32 Å². The number of benzene rings is 1. The number of nitrogens with zero attached hydrogens (tertiary/aromatic N) is 2. The SMILES string of the molecule is C[C@@H]1C[C@@H](C)CN(C(=O)Nc2cccc(C(=O)N(C)C)c2)C1. The number of hydrogen-bond acceptors (Lipinski definition) is 2. The van der Waals surface area contributed by atoms with Crippen LogP contribution in [0.1, 0.15) is 30.6 Å². The van der Waals surface area contributed by atoms with Crippen molar-refractivity contribution in [3.8, 4) is 0 Å². The summed E-state index contributed by atoms with van der Waals surface area (Å²) in [6, 6.07) is 6.97. The van der Waals surface area contributed by atoms with Crippen molar-refractivity contribution < 1.29 is 9.59 Å². The van der Waals surface area contributed by atoms with Gasteiger partial charge in [0.15, 0.2) is 0 Å². The number of rotatable bonds is 2. The molecule has 1 aliphatic heterocycles. The second-order valence-electron chi connectivity index (χ2n) is 6.56. The number of nitrogens with one attached hydrogen (secondary N) is 1. The Morgan fingerprint density at radius 1 is 1.18 bits per heavy atom. The first-order chi connectivity index (χ1) is 10.4. The van der Waals surface area contributed by atoms with Gasteiger partial charge in [-0.05, 0) is 36.5 Å². The fourth-order valence-corrected chi connectivity index (χ4v) is 3.02. The van der Waals surface area contributed by atoms with Gasteiger partial charge < -0.3 is 15.1 Å². The molecule has 0 radical (unpaired) electrons. The summed E-state index contributed by atoms with van der Waals surface area (Å²) in [5.74, 6) is 0.976. The number of carbonyl (C=O) groups excluding carboxylic acids is 2. The summed E-state index contributed by atoms with van der Waals surface area (Å²) in [7, 11) is 3.42. The Kier molecular flexibility index (Phi) is 5.06. The lowest BCUT2D eigenvalue weighted by molar-refractivity contribution is 0.0827. The van der Waals surface area contributed by atoms with Crippen LogP contribution in [0.4, 0.5) is 10.5 Å². The second-order valence-corrected chi connectivity index (χ2v) is 6.56. The molecule has 1 N–H and O–H groups in total. The van der Waals surface area contributed by atoms with E-state index in [1.807, 2.05) is 4.90 Å². The molecule has 2 rings (SSSR count). The topological polar surface area (TPSA) is 52.7 Å². The summed E-state index contributed by atoms with van der Waals surface area (Å²) >= 11 is 0. The van der Waals surface area contributed by atoms with E-state index in [1.54, 1.807) is 38.4 Å². The average molecular weight is 303 g/mol. The van der Waals surface area contributed by atoms with Crippen LogP contribution >= 0.6 is 0 Å². The minimum absolute atomic E-state index is 0.0729. The molecule has 1 heterocycles. The summed E-state index contributed by atoms with van der Waals surface area (Å²) < 4.78 is 0. The minimum atomic E-state index is -0.0900. The van der Waals surface area contributed by atoms with E-state index in [-0.39, 0.29) is 11.9 Å². The van der Waals surface area contributed by atoms with Crippen LogP contribution in [0.25, 0.3) is 0 Å². The van der Waals surface area contributed by atoms with Gasteiger partial charge >= 0.3 is 6.03 Å². The van der Waals surface area contributed by atoms with E-state index in [0.29, 0.717) is 23.1 Å². The quantitative estimate of drug-likeness (QED) is 0.913. The number of urea groups is 1. The van der Waals surface area contributed by atoms with Gasteiger partial charge in [0.25, 0.3) is 5.91 Å². The van der Waals surface area contributed by atoms with Crippen LogP contribution in [0.15, 0.2) is 24.3 Å². The molecule has 22 heavy (non-hydrogen) atoms. The highest BCUT2D eigenvalue weighted by molar-refractivity contribution is 5.96. The van der Waals surface area contributed by atoms with Crippen molar-refractivity contribution in [3.05, 3.63) is 29.8 Å². The molecule has 0 aliphatic carbocycles. The van der Waals surface area contributed by atoms with Crippen LogP contribution in [0.3, 0.4) is 0 Å². The molecule has 0 saturated carbocycles. The van der Waals surface area contributed by atoms with E-state index >= 15 is 0 Å². The first-order valence-electron chi connectivity index (χ1n) is 7.74. The summed E-state index contributed by atoms with van der Waals surface area (Å²) in [5.41, 5.74) is 1.23. The van der Waals surface area contributed by atoms with Crippen LogP contribution in [0.2, 0.25) is 0 Å². The maximum Gasteiger partial charge on any atom is 0.321 e. The largest absolute Gasteiger partial charge is 0.345 e. The highest BCUT2D eigenvalue weighted by atomic mass is 16.2. The Hall–Kier alpha value is -2.04. The molecule has 1 aliphatic rings. The predicted molar refractivity (Wildman–Crippen MR) is 88.0 cm³/mol. The van der Waals surface area contributed by atoms with Gasteiger partial charge in [0, 0.05) is 38.4 Å². The molecular formula is C17H25N3O2. The van der Waals surface area contributed by atoms with Crippen LogP contribution in [0.5, 0.6) is 0 Å². The van der Waals surface area contributed by atoms with Crippen molar-refractivity contribution in [1.82, 2.24) is 9.80 Å². The molecular weight excluding hydrogens is 278 g/mol. The van der Waals surface area contributed by atoms with Crippen LogP contribution in [-0.2, 0) is 0 Å². The van der Waals surface area contributed by atoms with Gasteiger partial charge in [0.1, 0.15) is 0 Å². The molecule has 0 aromatic heterocycles. The zero-order valence-corrected chi connectivity index (χ0v) is 13.8. The van der Waals surface area contributed by atoms with E-state index in [2.05, 4.69) is 19.2 Å². The number of carbonyl (C=O) groups is 2. The number of piperidine rings is 1. The van der Waals surface area contributed by atoms with E-state index in [9.17, 15) is 9.59 Å². The highest BCUT2D eigenvalue weighted by Gasteiger charge is 2.25. The normalized spacial score (nSPS) is 21.4. The fraction of sp³-hybridized carbons (Fsp3) is 0.529. The van der Waals surface area contributed by atoms with E-state index in [4.69, 9.17) is 0 Å². The van der Waals surface area contributed by atoms with Gasteiger partial charge in [-0.25, -0.2) is 4.79 Å². The Morgan fingerprint density at radius 2 is 1.82 bits per heavy atom. The molecule has 0 unspecified atom stereocenters. The lowest BCUT2D eigenvalue weighted by Crippen LogP contribution is -2.44.